The minimum atomic E-state index is -0.545. The summed E-state index contributed by atoms with van der Waals surface area (Å²) in [6, 6.07) is 37.1. The molecule has 5 aromatic carbocycles. The summed E-state index contributed by atoms with van der Waals surface area (Å²) in [5.41, 5.74) is 7.02. The van der Waals surface area contributed by atoms with Crippen LogP contribution < -0.4 is 10.2 Å². The van der Waals surface area contributed by atoms with Gasteiger partial charge in [-0.15, -0.1) is 0 Å². The fraction of sp³-hybridized carbons (Fsp3) is 0.200. The molecule has 5 aromatic rings. The molecule has 0 amide bonds. The van der Waals surface area contributed by atoms with Gasteiger partial charge in [0, 0.05) is 11.1 Å². The summed E-state index contributed by atoms with van der Waals surface area (Å²) in [5, 5.41) is 2.49. The molecule has 1 aliphatic carbocycles. The minimum absolute atomic E-state index is 0.420. The van der Waals surface area contributed by atoms with E-state index in [4.69, 9.17) is 14.0 Å². The predicted octanol–water partition coefficient (Wildman–Crippen LogP) is 7.61. The van der Waals surface area contributed by atoms with Crippen LogP contribution in [0.4, 0.5) is 0 Å². The zero-order valence-corrected chi connectivity index (χ0v) is 22.6. The van der Waals surface area contributed by atoms with Crippen molar-refractivity contribution < 1.29 is 14.0 Å². The SMILES string of the molecule is CC1(C)OB(c2ccc3c(c2)C2(c4ccccc4O3)c3ccccc3-c3ccc4ccccc4c32)OC1(C)C. The Morgan fingerprint density at radius 1 is 0.564 bits per heavy atom. The number of ether oxygens (including phenoxy) is 1. The molecular formula is C35H29BO3. The normalized spacial score (nSPS) is 21.3. The average Bonchev–Trinajstić information content (AvgIpc) is 3.36. The van der Waals surface area contributed by atoms with Crippen LogP contribution in [0.1, 0.15) is 49.9 Å². The van der Waals surface area contributed by atoms with Gasteiger partial charge in [0.1, 0.15) is 11.5 Å². The standard InChI is InChI=1S/C35H29BO3/c1-33(2)34(3,4)39-36(38-33)23-18-20-31-29(21-23)35(28-15-9-10-16-30(28)37-31)27-14-8-7-13-25(27)26-19-17-22-11-5-6-12-24(22)32(26)35/h5-21H,1-4H3. The van der Waals surface area contributed by atoms with Gasteiger partial charge in [-0.1, -0.05) is 91.0 Å². The van der Waals surface area contributed by atoms with E-state index < -0.39 is 23.7 Å². The van der Waals surface area contributed by atoms with Gasteiger partial charge in [0.15, 0.2) is 0 Å². The summed E-state index contributed by atoms with van der Waals surface area (Å²) in [6.07, 6.45) is 0. The molecule has 0 saturated carbocycles. The Morgan fingerprint density at radius 2 is 1.23 bits per heavy atom. The molecular weight excluding hydrogens is 479 g/mol. The van der Waals surface area contributed by atoms with Gasteiger partial charge >= 0.3 is 7.12 Å². The van der Waals surface area contributed by atoms with E-state index in [1.165, 1.54) is 33.0 Å². The van der Waals surface area contributed by atoms with E-state index in [9.17, 15) is 0 Å². The van der Waals surface area contributed by atoms with E-state index in [1.54, 1.807) is 0 Å². The fourth-order valence-electron chi connectivity index (χ4n) is 6.82. The van der Waals surface area contributed by atoms with Gasteiger partial charge in [-0.25, -0.2) is 0 Å². The average molecular weight is 508 g/mol. The van der Waals surface area contributed by atoms with Crippen molar-refractivity contribution in [1.82, 2.24) is 0 Å². The van der Waals surface area contributed by atoms with Crippen LogP contribution in [0.5, 0.6) is 11.5 Å². The summed E-state index contributed by atoms with van der Waals surface area (Å²) in [6.45, 7) is 8.40. The highest BCUT2D eigenvalue weighted by molar-refractivity contribution is 6.62. The largest absolute Gasteiger partial charge is 0.494 e. The van der Waals surface area contributed by atoms with E-state index in [1.807, 2.05) is 0 Å². The Hall–Kier alpha value is -3.86. The van der Waals surface area contributed by atoms with Gasteiger partial charge in [-0.3, -0.25) is 0 Å². The van der Waals surface area contributed by atoms with Crippen molar-refractivity contribution in [3.63, 3.8) is 0 Å². The molecule has 3 nitrogen and oxygen atoms in total. The Bertz CT molecular complexity index is 1800. The molecule has 2 heterocycles. The topological polar surface area (TPSA) is 27.7 Å². The maximum atomic E-state index is 6.62. The van der Waals surface area contributed by atoms with Crippen molar-refractivity contribution in [2.75, 3.05) is 0 Å². The number of rotatable bonds is 1. The molecule has 3 aliphatic rings. The molecule has 1 unspecified atom stereocenters. The minimum Gasteiger partial charge on any atom is -0.457 e. The van der Waals surface area contributed by atoms with Crippen LogP contribution in [-0.4, -0.2) is 18.3 Å². The zero-order chi connectivity index (χ0) is 26.6. The van der Waals surface area contributed by atoms with E-state index >= 15 is 0 Å². The lowest BCUT2D eigenvalue weighted by molar-refractivity contribution is 0.00578. The highest BCUT2D eigenvalue weighted by Crippen LogP contribution is 2.63. The Morgan fingerprint density at radius 3 is 2.05 bits per heavy atom. The summed E-state index contributed by atoms with van der Waals surface area (Å²) in [4.78, 5) is 0. The van der Waals surface area contributed by atoms with Crippen LogP contribution in [0, 0.1) is 0 Å². The summed E-state index contributed by atoms with van der Waals surface area (Å²) in [7, 11) is -0.460. The van der Waals surface area contributed by atoms with Crippen molar-refractivity contribution in [1.29, 1.82) is 0 Å². The van der Waals surface area contributed by atoms with Crippen molar-refractivity contribution in [2.45, 2.75) is 44.3 Å². The third-order valence-electron chi connectivity index (χ3n) is 9.37. The second-order valence-electron chi connectivity index (χ2n) is 11.9. The van der Waals surface area contributed by atoms with Crippen LogP contribution in [0.25, 0.3) is 21.9 Å². The molecule has 1 saturated heterocycles. The second-order valence-corrected chi connectivity index (χ2v) is 11.9. The molecule has 0 aromatic heterocycles. The fourth-order valence-corrected chi connectivity index (χ4v) is 6.82. The Kier molecular flexibility index (Phi) is 4.51. The van der Waals surface area contributed by atoms with Crippen molar-refractivity contribution in [2.24, 2.45) is 0 Å². The highest BCUT2D eigenvalue weighted by atomic mass is 16.7. The number of hydrogen-bond donors (Lipinski definition) is 0. The lowest BCUT2D eigenvalue weighted by Gasteiger charge is -2.40. The first kappa shape index (κ1) is 23.1. The molecule has 0 N–H and O–H groups in total. The molecule has 1 fully saturated rings. The van der Waals surface area contributed by atoms with Gasteiger partial charge < -0.3 is 14.0 Å². The molecule has 0 bridgehead atoms. The number of para-hydroxylation sites is 1. The monoisotopic (exact) mass is 508 g/mol. The van der Waals surface area contributed by atoms with Crippen LogP contribution in [0.2, 0.25) is 0 Å². The predicted molar refractivity (Wildman–Crippen MR) is 157 cm³/mol. The molecule has 4 heteroatoms. The van der Waals surface area contributed by atoms with E-state index in [0.717, 1.165) is 28.1 Å². The van der Waals surface area contributed by atoms with Gasteiger partial charge in [0.25, 0.3) is 0 Å². The maximum Gasteiger partial charge on any atom is 0.494 e. The Balaban J connectivity index is 1.49. The van der Waals surface area contributed by atoms with Crippen LogP contribution in [0.15, 0.2) is 103 Å². The number of benzene rings is 5. The summed E-state index contributed by atoms with van der Waals surface area (Å²) >= 11 is 0. The smallest absolute Gasteiger partial charge is 0.457 e. The quantitative estimate of drug-likeness (QED) is 0.214. The van der Waals surface area contributed by atoms with Crippen LogP contribution in [0.3, 0.4) is 0 Å². The van der Waals surface area contributed by atoms with Gasteiger partial charge in [0.2, 0.25) is 0 Å². The first-order valence-electron chi connectivity index (χ1n) is 13.7. The Labute approximate surface area is 229 Å². The van der Waals surface area contributed by atoms with Crippen LogP contribution in [-0.2, 0) is 14.7 Å². The van der Waals surface area contributed by atoms with E-state index in [0.29, 0.717) is 0 Å². The van der Waals surface area contributed by atoms with E-state index in [2.05, 4.69) is 131 Å². The third-order valence-corrected chi connectivity index (χ3v) is 9.37. The summed E-state index contributed by atoms with van der Waals surface area (Å²) < 4.78 is 19.6. The van der Waals surface area contributed by atoms with Crippen molar-refractivity contribution >= 4 is 23.4 Å². The van der Waals surface area contributed by atoms with Crippen LogP contribution >= 0.6 is 0 Å². The maximum absolute atomic E-state index is 6.62. The molecule has 39 heavy (non-hydrogen) atoms. The number of fused-ring (bicyclic) bond motifs is 11. The molecule has 190 valence electrons. The number of hydrogen-bond acceptors (Lipinski definition) is 3. The summed E-state index contributed by atoms with van der Waals surface area (Å²) in [5.74, 6) is 1.76. The molecule has 8 rings (SSSR count). The molecule has 0 radical (unpaired) electrons. The highest BCUT2D eigenvalue weighted by Gasteiger charge is 2.54. The van der Waals surface area contributed by atoms with Crippen molar-refractivity contribution in [3.8, 4) is 22.6 Å². The van der Waals surface area contributed by atoms with Crippen molar-refractivity contribution in [3.05, 3.63) is 125 Å². The van der Waals surface area contributed by atoms with Gasteiger partial charge in [-0.2, -0.15) is 0 Å². The lowest BCUT2D eigenvalue weighted by Crippen LogP contribution is -2.41. The lowest BCUT2D eigenvalue weighted by atomic mass is 9.63. The zero-order valence-electron chi connectivity index (χ0n) is 22.6. The molecule has 2 aliphatic heterocycles. The first-order chi connectivity index (χ1) is 18.8. The van der Waals surface area contributed by atoms with E-state index in [-0.39, 0.29) is 0 Å². The van der Waals surface area contributed by atoms with Gasteiger partial charge in [0.05, 0.1) is 16.6 Å². The van der Waals surface area contributed by atoms with Gasteiger partial charge in [-0.05, 0) is 78.3 Å². The third kappa shape index (κ3) is 2.91. The molecule has 1 atom stereocenters. The molecule has 1 spiro atoms. The first-order valence-corrected chi connectivity index (χ1v) is 13.7. The second kappa shape index (κ2) is 7.62.